The molecule has 17 heavy (non-hydrogen) atoms. The van der Waals surface area contributed by atoms with Crippen LogP contribution < -0.4 is 10.6 Å². The first-order valence-corrected chi connectivity index (χ1v) is 5.96. The lowest BCUT2D eigenvalue weighted by Crippen LogP contribution is -2.34. The highest BCUT2D eigenvalue weighted by Crippen LogP contribution is 2.22. The topological polar surface area (TPSA) is 72.3 Å². The number of hydrogen-bond donors (Lipinski definition) is 1. The molecule has 6 nitrogen and oxygen atoms in total. The Hall–Kier alpha value is -1.85. The predicted molar refractivity (Wildman–Crippen MR) is 65.8 cm³/mol. The second-order valence-electron chi connectivity index (χ2n) is 4.68. The number of aromatic nitrogens is 4. The van der Waals surface area contributed by atoms with E-state index in [1.807, 2.05) is 10.6 Å². The van der Waals surface area contributed by atoms with E-state index in [0.717, 1.165) is 25.0 Å². The highest BCUT2D eigenvalue weighted by atomic mass is 15.4. The van der Waals surface area contributed by atoms with Crippen LogP contribution >= 0.6 is 0 Å². The molecule has 3 heterocycles. The third-order valence-electron chi connectivity index (χ3n) is 3.40. The Morgan fingerprint density at radius 3 is 2.82 bits per heavy atom. The van der Waals surface area contributed by atoms with Gasteiger partial charge in [-0.2, -0.15) is 0 Å². The van der Waals surface area contributed by atoms with Gasteiger partial charge in [-0.15, -0.1) is 10.2 Å². The van der Waals surface area contributed by atoms with Crippen molar-refractivity contribution in [2.24, 2.45) is 5.92 Å². The van der Waals surface area contributed by atoms with Gasteiger partial charge in [0.2, 0.25) is 11.6 Å². The van der Waals surface area contributed by atoms with Gasteiger partial charge in [0.05, 0.1) is 0 Å². The maximum absolute atomic E-state index is 5.77. The minimum atomic E-state index is 0.427. The number of anilines is 2. The molecule has 0 amide bonds. The molecule has 0 aromatic carbocycles. The molecule has 90 valence electrons. The van der Waals surface area contributed by atoms with Crippen molar-refractivity contribution in [3.63, 3.8) is 0 Å². The minimum absolute atomic E-state index is 0.427. The molecule has 2 N–H and O–H groups in total. The SMILES string of the molecule is CC1CCN(c2nnc3c(N)nccn23)CC1. The Kier molecular flexibility index (Phi) is 2.35. The van der Waals surface area contributed by atoms with E-state index in [4.69, 9.17) is 5.73 Å². The molecular weight excluding hydrogens is 216 g/mol. The van der Waals surface area contributed by atoms with Crippen LogP contribution in [0, 0.1) is 5.92 Å². The van der Waals surface area contributed by atoms with Gasteiger partial charge >= 0.3 is 0 Å². The Labute approximate surface area is 99.5 Å². The lowest BCUT2D eigenvalue weighted by atomic mass is 10.00. The minimum Gasteiger partial charge on any atom is -0.381 e. The van der Waals surface area contributed by atoms with Crippen LogP contribution in [0.25, 0.3) is 5.65 Å². The van der Waals surface area contributed by atoms with Gasteiger partial charge in [0.25, 0.3) is 0 Å². The van der Waals surface area contributed by atoms with E-state index in [-0.39, 0.29) is 0 Å². The molecule has 0 atom stereocenters. The summed E-state index contributed by atoms with van der Waals surface area (Å²) in [5.41, 5.74) is 6.41. The Bertz CT molecular complexity index is 526. The molecular formula is C11H16N6. The molecule has 2 aromatic rings. The fourth-order valence-corrected chi connectivity index (χ4v) is 2.26. The van der Waals surface area contributed by atoms with Crippen molar-refractivity contribution >= 4 is 17.4 Å². The Morgan fingerprint density at radius 2 is 2.06 bits per heavy atom. The van der Waals surface area contributed by atoms with Crippen LogP contribution in [-0.2, 0) is 0 Å². The first-order chi connectivity index (χ1) is 8.25. The third-order valence-corrected chi connectivity index (χ3v) is 3.40. The predicted octanol–water partition coefficient (Wildman–Crippen LogP) is 0.943. The van der Waals surface area contributed by atoms with E-state index in [1.165, 1.54) is 12.8 Å². The van der Waals surface area contributed by atoms with Crippen molar-refractivity contribution in [2.45, 2.75) is 19.8 Å². The summed E-state index contributed by atoms with van der Waals surface area (Å²) >= 11 is 0. The maximum atomic E-state index is 5.77. The average molecular weight is 232 g/mol. The Morgan fingerprint density at radius 1 is 1.29 bits per heavy atom. The summed E-state index contributed by atoms with van der Waals surface area (Å²) in [6.45, 7) is 4.36. The van der Waals surface area contributed by atoms with E-state index >= 15 is 0 Å². The first-order valence-electron chi connectivity index (χ1n) is 5.96. The number of nitrogens with two attached hydrogens (primary N) is 1. The maximum Gasteiger partial charge on any atom is 0.231 e. The van der Waals surface area contributed by atoms with Crippen molar-refractivity contribution in [1.29, 1.82) is 0 Å². The van der Waals surface area contributed by atoms with Gasteiger partial charge < -0.3 is 10.6 Å². The van der Waals surface area contributed by atoms with E-state index < -0.39 is 0 Å². The summed E-state index contributed by atoms with van der Waals surface area (Å²) in [6, 6.07) is 0. The largest absolute Gasteiger partial charge is 0.381 e. The summed E-state index contributed by atoms with van der Waals surface area (Å²) in [6.07, 6.45) is 5.95. The van der Waals surface area contributed by atoms with Crippen LogP contribution in [0.5, 0.6) is 0 Å². The monoisotopic (exact) mass is 232 g/mol. The van der Waals surface area contributed by atoms with Crippen LogP contribution in [0.1, 0.15) is 19.8 Å². The second-order valence-corrected chi connectivity index (χ2v) is 4.68. The summed E-state index contributed by atoms with van der Waals surface area (Å²) in [7, 11) is 0. The molecule has 0 spiro atoms. The Balaban J connectivity index is 1.98. The van der Waals surface area contributed by atoms with Crippen molar-refractivity contribution in [3.05, 3.63) is 12.4 Å². The van der Waals surface area contributed by atoms with E-state index in [2.05, 4.69) is 27.0 Å². The summed E-state index contributed by atoms with van der Waals surface area (Å²) in [4.78, 5) is 6.28. The van der Waals surface area contributed by atoms with Gasteiger partial charge in [-0.1, -0.05) is 6.92 Å². The molecule has 2 aromatic heterocycles. The fourth-order valence-electron chi connectivity index (χ4n) is 2.26. The molecule has 0 aliphatic carbocycles. The molecule has 6 heteroatoms. The lowest BCUT2D eigenvalue weighted by molar-refractivity contribution is 0.434. The smallest absolute Gasteiger partial charge is 0.231 e. The zero-order valence-electron chi connectivity index (χ0n) is 9.87. The van der Waals surface area contributed by atoms with Crippen LogP contribution in [0.2, 0.25) is 0 Å². The molecule has 0 saturated carbocycles. The molecule has 1 fully saturated rings. The van der Waals surface area contributed by atoms with Crippen LogP contribution in [0.3, 0.4) is 0 Å². The zero-order valence-corrected chi connectivity index (χ0v) is 9.87. The van der Waals surface area contributed by atoms with Gasteiger partial charge in [0.1, 0.15) is 0 Å². The molecule has 3 rings (SSSR count). The number of piperidine rings is 1. The number of rotatable bonds is 1. The number of hydrogen-bond acceptors (Lipinski definition) is 5. The van der Waals surface area contributed by atoms with Crippen molar-refractivity contribution in [2.75, 3.05) is 23.7 Å². The number of fused-ring (bicyclic) bond motifs is 1. The van der Waals surface area contributed by atoms with Gasteiger partial charge in [-0.05, 0) is 18.8 Å². The lowest BCUT2D eigenvalue weighted by Gasteiger charge is -2.30. The van der Waals surface area contributed by atoms with Crippen LogP contribution in [0.15, 0.2) is 12.4 Å². The van der Waals surface area contributed by atoms with Gasteiger partial charge in [-0.25, -0.2) is 4.98 Å². The van der Waals surface area contributed by atoms with E-state index in [9.17, 15) is 0 Å². The first kappa shape index (κ1) is 10.3. The second kappa shape index (κ2) is 3.87. The third kappa shape index (κ3) is 1.69. The van der Waals surface area contributed by atoms with Crippen molar-refractivity contribution in [3.8, 4) is 0 Å². The molecule has 1 aliphatic heterocycles. The average Bonchev–Trinajstić information content (AvgIpc) is 2.75. The highest BCUT2D eigenvalue weighted by molar-refractivity contribution is 5.61. The molecule has 1 aliphatic rings. The normalized spacial score (nSPS) is 17.8. The summed E-state index contributed by atoms with van der Waals surface area (Å²) in [5, 5.41) is 8.32. The van der Waals surface area contributed by atoms with Gasteiger partial charge in [0.15, 0.2) is 5.82 Å². The van der Waals surface area contributed by atoms with Crippen molar-refractivity contribution in [1.82, 2.24) is 19.6 Å². The summed E-state index contributed by atoms with van der Waals surface area (Å²) in [5.74, 6) is 2.11. The molecule has 0 bridgehead atoms. The van der Waals surface area contributed by atoms with E-state index in [0.29, 0.717) is 11.5 Å². The number of nitrogen functional groups attached to an aromatic ring is 1. The molecule has 0 unspecified atom stereocenters. The highest BCUT2D eigenvalue weighted by Gasteiger charge is 2.20. The zero-order chi connectivity index (χ0) is 11.8. The van der Waals surface area contributed by atoms with Gasteiger partial charge in [-0.3, -0.25) is 4.40 Å². The van der Waals surface area contributed by atoms with Gasteiger partial charge in [0, 0.05) is 25.5 Å². The molecule has 0 radical (unpaired) electrons. The molecule has 1 saturated heterocycles. The van der Waals surface area contributed by atoms with Crippen molar-refractivity contribution < 1.29 is 0 Å². The van der Waals surface area contributed by atoms with Crippen LogP contribution in [0.4, 0.5) is 11.8 Å². The van der Waals surface area contributed by atoms with Crippen LogP contribution in [-0.4, -0.2) is 32.7 Å². The quantitative estimate of drug-likeness (QED) is 0.792. The summed E-state index contributed by atoms with van der Waals surface area (Å²) < 4.78 is 1.92. The fraction of sp³-hybridized carbons (Fsp3) is 0.545. The van der Waals surface area contributed by atoms with E-state index in [1.54, 1.807) is 6.20 Å². The number of nitrogens with zero attached hydrogens (tertiary/aromatic N) is 5. The standard InChI is InChI=1S/C11H16N6/c1-8-2-5-16(6-3-8)11-15-14-10-9(12)13-4-7-17(10)11/h4,7-8H,2-3,5-6H2,1H3,(H2,12,13).